The molecule has 0 aromatic carbocycles. The molecule has 1 atom stereocenters. The summed E-state index contributed by atoms with van der Waals surface area (Å²) in [5, 5.41) is 17.3. The first-order valence-electron chi connectivity index (χ1n) is 3.19. The van der Waals surface area contributed by atoms with Gasteiger partial charge in [-0.15, -0.1) is 11.8 Å². The largest absolute Gasteiger partial charge is 0.394 e. The zero-order valence-electron chi connectivity index (χ0n) is 6.41. The third-order valence-corrected chi connectivity index (χ3v) is 2.24. The Morgan fingerprint density at radius 2 is 2.27 bits per heavy atom. The molecule has 1 unspecified atom stereocenters. The molecule has 0 fully saturated rings. The highest BCUT2D eigenvalue weighted by Crippen LogP contribution is 2.14. The molecule has 2 N–H and O–H groups in total. The molecular formula is C7H12O3S. The van der Waals surface area contributed by atoms with Gasteiger partial charge in [-0.2, -0.15) is 0 Å². The molecule has 0 bridgehead atoms. The number of carbonyl (C=O) groups excluding carboxylic acids is 1. The number of Topliss-reactive ketones (excluding diaryl/α,β-unsaturated/α-hetero) is 1. The van der Waals surface area contributed by atoms with Gasteiger partial charge in [-0.05, 0) is 6.92 Å². The van der Waals surface area contributed by atoms with Crippen LogP contribution in [0.5, 0.6) is 0 Å². The highest BCUT2D eigenvalue weighted by Gasteiger charge is 2.05. The molecule has 11 heavy (non-hydrogen) atoms. The second kappa shape index (κ2) is 5.35. The smallest absolute Gasteiger partial charge is 0.165 e. The molecule has 0 aliphatic rings. The van der Waals surface area contributed by atoms with Crippen LogP contribution in [0.15, 0.2) is 11.5 Å². The fraction of sp³-hybridized carbons (Fsp3) is 0.571. The standard InChI is InChI=1S/C7H12O3S/c1-5(9)6(2)11-4-7(10)3-8/h7-8,10H,2-4H2,1H3. The van der Waals surface area contributed by atoms with Crippen LogP contribution in [0.4, 0.5) is 0 Å². The van der Waals surface area contributed by atoms with Crippen molar-refractivity contribution in [1.29, 1.82) is 0 Å². The summed E-state index contributed by atoms with van der Waals surface area (Å²) in [7, 11) is 0. The Kier molecular flexibility index (Phi) is 5.19. The average molecular weight is 176 g/mol. The number of ketones is 1. The van der Waals surface area contributed by atoms with Crippen LogP contribution in [0.3, 0.4) is 0 Å². The highest BCUT2D eigenvalue weighted by atomic mass is 32.2. The topological polar surface area (TPSA) is 57.5 Å². The van der Waals surface area contributed by atoms with Crippen molar-refractivity contribution in [3.8, 4) is 0 Å². The Balaban J connectivity index is 3.54. The van der Waals surface area contributed by atoms with Crippen LogP contribution in [0.2, 0.25) is 0 Å². The predicted octanol–water partition coefficient (Wildman–Crippen LogP) is 0.175. The molecule has 0 rings (SSSR count). The monoisotopic (exact) mass is 176 g/mol. The third kappa shape index (κ3) is 5.01. The van der Waals surface area contributed by atoms with Gasteiger partial charge in [0.1, 0.15) is 0 Å². The van der Waals surface area contributed by atoms with Gasteiger partial charge in [-0.25, -0.2) is 0 Å². The lowest BCUT2D eigenvalue weighted by Gasteiger charge is -2.05. The van der Waals surface area contributed by atoms with E-state index in [1.165, 1.54) is 6.92 Å². The van der Waals surface area contributed by atoms with Crippen molar-refractivity contribution in [1.82, 2.24) is 0 Å². The molecule has 3 nitrogen and oxygen atoms in total. The summed E-state index contributed by atoms with van der Waals surface area (Å²) in [5.41, 5.74) is 0. The fourth-order valence-electron chi connectivity index (χ4n) is 0.351. The number of rotatable bonds is 5. The molecule has 0 aromatic rings. The van der Waals surface area contributed by atoms with Crippen molar-refractivity contribution in [2.75, 3.05) is 12.4 Å². The van der Waals surface area contributed by atoms with Crippen molar-refractivity contribution in [3.63, 3.8) is 0 Å². The molecule has 0 saturated carbocycles. The summed E-state index contributed by atoms with van der Waals surface area (Å²) in [5.74, 6) is 0.217. The fourth-order valence-corrected chi connectivity index (χ4v) is 1.05. The molecule has 0 aromatic heterocycles. The molecule has 0 amide bonds. The lowest BCUT2D eigenvalue weighted by atomic mass is 10.4. The van der Waals surface area contributed by atoms with Crippen LogP contribution in [-0.2, 0) is 4.79 Å². The molecule has 0 saturated heterocycles. The summed E-state index contributed by atoms with van der Waals surface area (Å²) in [6, 6.07) is 0. The number of thioether (sulfide) groups is 1. The number of hydrogen-bond acceptors (Lipinski definition) is 4. The first-order chi connectivity index (χ1) is 5.07. The molecule has 4 heteroatoms. The highest BCUT2D eigenvalue weighted by molar-refractivity contribution is 8.04. The van der Waals surface area contributed by atoms with Crippen molar-refractivity contribution >= 4 is 17.5 Å². The quantitative estimate of drug-likeness (QED) is 0.586. The van der Waals surface area contributed by atoms with E-state index in [1.807, 2.05) is 0 Å². The molecule has 0 aliphatic carbocycles. The van der Waals surface area contributed by atoms with Gasteiger partial charge in [-0.3, -0.25) is 4.79 Å². The van der Waals surface area contributed by atoms with Gasteiger partial charge in [0, 0.05) is 10.7 Å². The van der Waals surface area contributed by atoms with E-state index in [0.717, 1.165) is 11.8 Å². The van der Waals surface area contributed by atoms with E-state index >= 15 is 0 Å². The van der Waals surface area contributed by atoms with Crippen molar-refractivity contribution in [2.45, 2.75) is 13.0 Å². The van der Waals surface area contributed by atoms with E-state index < -0.39 is 6.10 Å². The molecule has 0 radical (unpaired) electrons. The van der Waals surface area contributed by atoms with Crippen molar-refractivity contribution in [2.24, 2.45) is 0 Å². The number of carbonyl (C=O) groups is 1. The number of aliphatic hydroxyl groups excluding tert-OH is 2. The van der Waals surface area contributed by atoms with Gasteiger partial charge in [0.25, 0.3) is 0 Å². The maximum atomic E-state index is 10.6. The summed E-state index contributed by atoms with van der Waals surface area (Å²) in [4.78, 5) is 11.0. The molecule has 0 spiro atoms. The lowest BCUT2D eigenvalue weighted by molar-refractivity contribution is -0.112. The SMILES string of the molecule is C=C(SCC(O)CO)C(C)=O. The van der Waals surface area contributed by atoms with Crippen LogP contribution in [0, 0.1) is 0 Å². The summed E-state index contributed by atoms with van der Waals surface area (Å²) in [6.07, 6.45) is -0.768. The molecule has 0 aliphatic heterocycles. The Morgan fingerprint density at radius 3 is 2.64 bits per heavy atom. The van der Waals surface area contributed by atoms with Crippen LogP contribution in [0.1, 0.15) is 6.92 Å². The zero-order valence-corrected chi connectivity index (χ0v) is 7.23. The minimum absolute atomic E-state index is 0.0971. The second-order valence-electron chi connectivity index (χ2n) is 2.13. The molecular weight excluding hydrogens is 164 g/mol. The van der Waals surface area contributed by atoms with Crippen LogP contribution in [-0.4, -0.2) is 34.5 Å². The molecule has 64 valence electrons. The zero-order chi connectivity index (χ0) is 8.85. The second-order valence-corrected chi connectivity index (χ2v) is 3.24. The minimum Gasteiger partial charge on any atom is -0.394 e. The maximum Gasteiger partial charge on any atom is 0.165 e. The van der Waals surface area contributed by atoms with Crippen LogP contribution >= 0.6 is 11.8 Å². The summed E-state index contributed by atoms with van der Waals surface area (Å²) in [6.45, 7) is 4.62. The van der Waals surface area contributed by atoms with E-state index in [-0.39, 0.29) is 12.4 Å². The molecule has 0 heterocycles. The third-order valence-electron chi connectivity index (χ3n) is 1.05. The number of allylic oxidation sites excluding steroid dienone is 1. The summed E-state index contributed by atoms with van der Waals surface area (Å²) >= 11 is 1.16. The lowest BCUT2D eigenvalue weighted by Crippen LogP contribution is -2.15. The van der Waals surface area contributed by atoms with Crippen LogP contribution < -0.4 is 0 Å². The average Bonchev–Trinajstić information content (AvgIpc) is 1.99. The number of hydrogen-bond donors (Lipinski definition) is 2. The normalized spacial score (nSPS) is 12.6. The number of aliphatic hydroxyl groups is 2. The maximum absolute atomic E-state index is 10.6. The van der Waals surface area contributed by atoms with Gasteiger partial charge in [0.15, 0.2) is 5.78 Å². The summed E-state index contributed by atoms with van der Waals surface area (Å²) < 4.78 is 0. The Morgan fingerprint density at radius 1 is 1.73 bits per heavy atom. The Labute approximate surface area is 70.1 Å². The van der Waals surface area contributed by atoms with Gasteiger partial charge < -0.3 is 10.2 Å². The first-order valence-corrected chi connectivity index (χ1v) is 4.18. The van der Waals surface area contributed by atoms with E-state index in [4.69, 9.17) is 10.2 Å². The van der Waals surface area contributed by atoms with Gasteiger partial charge in [0.05, 0.1) is 12.7 Å². The van der Waals surface area contributed by atoms with E-state index in [1.54, 1.807) is 0 Å². The van der Waals surface area contributed by atoms with E-state index in [0.29, 0.717) is 10.7 Å². The minimum atomic E-state index is -0.768. The first kappa shape index (κ1) is 10.7. The van der Waals surface area contributed by atoms with Gasteiger partial charge in [0.2, 0.25) is 0 Å². The van der Waals surface area contributed by atoms with Crippen molar-refractivity contribution < 1.29 is 15.0 Å². The van der Waals surface area contributed by atoms with Crippen LogP contribution in [0.25, 0.3) is 0 Å². The van der Waals surface area contributed by atoms with Gasteiger partial charge in [-0.1, -0.05) is 6.58 Å². The Hall–Kier alpha value is -0.320. The van der Waals surface area contributed by atoms with E-state index in [9.17, 15) is 4.79 Å². The predicted molar refractivity (Wildman–Crippen MR) is 45.4 cm³/mol. The Bertz CT molecular complexity index is 156. The van der Waals surface area contributed by atoms with Gasteiger partial charge >= 0.3 is 0 Å². The van der Waals surface area contributed by atoms with Crippen molar-refractivity contribution in [3.05, 3.63) is 11.5 Å². The van der Waals surface area contributed by atoms with E-state index in [2.05, 4.69) is 6.58 Å².